The van der Waals surface area contributed by atoms with E-state index in [1.54, 1.807) is 0 Å². The smallest absolute Gasteiger partial charge is 0.262 e. The third-order valence-electron chi connectivity index (χ3n) is 3.11. The van der Waals surface area contributed by atoms with E-state index in [0.29, 0.717) is 0 Å². The Morgan fingerprint density at radius 3 is 2.77 bits per heavy atom. The first-order valence-corrected chi connectivity index (χ1v) is 6.33. The van der Waals surface area contributed by atoms with Crippen LogP contribution >= 0.6 is 11.6 Å². The lowest BCUT2D eigenvalue weighted by atomic mass is 10.0. The number of nitrogens with one attached hydrogen (secondary N) is 2. The summed E-state index contributed by atoms with van der Waals surface area (Å²) >= 11 is 5.59. The van der Waals surface area contributed by atoms with Crippen molar-refractivity contribution in [1.82, 2.24) is 15.0 Å². The fraction of sp³-hybridized carbons (Fsp3) is 0. The van der Waals surface area contributed by atoms with Crippen LogP contribution in [0.5, 0.6) is 0 Å². The summed E-state index contributed by atoms with van der Waals surface area (Å²) in [4.78, 5) is 32.8. The Labute approximate surface area is 125 Å². The summed E-state index contributed by atoms with van der Waals surface area (Å²) in [5, 5.41) is -0.324. The zero-order valence-electron chi connectivity index (χ0n) is 10.7. The predicted molar refractivity (Wildman–Crippen MR) is 75.9 cm³/mol. The highest BCUT2D eigenvalue weighted by Gasteiger charge is 2.25. The molecule has 0 saturated carbocycles. The number of nitrogen functional groups attached to an aromatic ring is 1. The number of aromatic nitrogens is 3. The molecule has 0 aliphatic heterocycles. The summed E-state index contributed by atoms with van der Waals surface area (Å²) in [5.41, 5.74) is 3.22. The maximum Gasteiger partial charge on any atom is 0.262 e. The van der Waals surface area contributed by atoms with E-state index >= 15 is 0 Å². The summed E-state index contributed by atoms with van der Waals surface area (Å²) in [6, 6.07) is 1.88. The normalized spacial score (nSPS) is 11.0. The van der Waals surface area contributed by atoms with Crippen LogP contribution in [-0.4, -0.2) is 20.7 Å². The molecule has 0 unspecified atom stereocenters. The van der Waals surface area contributed by atoms with Gasteiger partial charge in [0.25, 0.3) is 5.56 Å². The van der Waals surface area contributed by atoms with Gasteiger partial charge in [0.15, 0.2) is 5.82 Å². The predicted octanol–water partition coefficient (Wildman–Crippen LogP) is 2.00. The maximum atomic E-state index is 14.0. The molecule has 0 saturated heterocycles. The van der Waals surface area contributed by atoms with Crippen molar-refractivity contribution in [2.45, 2.75) is 0 Å². The number of nitrogens with zero attached hydrogens (tertiary/aromatic N) is 1. The Morgan fingerprint density at radius 2 is 2.05 bits per heavy atom. The molecule has 2 heterocycles. The molecule has 3 aromatic rings. The number of H-pyrrole nitrogens is 2. The number of nitrogens with two attached hydrogens (primary N) is 1. The molecule has 0 aliphatic rings. The number of carbonyl (C=O) groups excluding carboxylic acids is 1. The number of anilines is 1. The van der Waals surface area contributed by atoms with Gasteiger partial charge in [0.05, 0.1) is 22.2 Å². The molecule has 0 bridgehead atoms. The highest BCUT2D eigenvalue weighted by atomic mass is 35.5. The molecule has 0 spiro atoms. The van der Waals surface area contributed by atoms with E-state index in [-0.39, 0.29) is 27.6 Å². The average Bonchev–Trinajstić information content (AvgIpc) is 2.87. The first-order valence-electron chi connectivity index (χ1n) is 5.95. The molecule has 1 aromatic carbocycles. The quantitative estimate of drug-likeness (QED) is 0.381. The van der Waals surface area contributed by atoms with Gasteiger partial charge in [-0.3, -0.25) is 14.6 Å². The summed E-state index contributed by atoms with van der Waals surface area (Å²) in [7, 11) is 0. The standard InChI is InChI=1S/C13H7ClF2N4O2/c14-13-19-11-7(12(22)20-13)4(3-18-11)10(21)8-5(15)1-2-6(17)9(8)16/h1-3H,17H2,(H2,18,19,20,22). The van der Waals surface area contributed by atoms with Crippen LogP contribution in [0.1, 0.15) is 15.9 Å². The molecule has 6 nitrogen and oxygen atoms in total. The van der Waals surface area contributed by atoms with Gasteiger partial charge < -0.3 is 10.7 Å². The second kappa shape index (κ2) is 4.92. The third kappa shape index (κ3) is 2.04. The monoisotopic (exact) mass is 324 g/mol. The van der Waals surface area contributed by atoms with Crippen molar-refractivity contribution < 1.29 is 13.6 Å². The largest absolute Gasteiger partial charge is 0.396 e. The Hall–Kier alpha value is -2.74. The van der Waals surface area contributed by atoms with Crippen LogP contribution < -0.4 is 11.3 Å². The zero-order valence-corrected chi connectivity index (χ0v) is 11.5. The molecule has 3 rings (SSSR count). The van der Waals surface area contributed by atoms with Crippen molar-refractivity contribution in [3.05, 3.63) is 56.7 Å². The van der Waals surface area contributed by atoms with E-state index in [0.717, 1.165) is 18.3 Å². The number of halogens is 3. The fourth-order valence-electron chi connectivity index (χ4n) is 2.10. The number of hydrogen-bond acceptors (Lipinski definition) is 4. The van der Waals surface area contributed by atoms with E-state index < -0.39 is 28.5 Å². The van der Waals surface area contributed by atoms with Gasteiger partial charge in [-0.05, 0) is 23.7 Å². The summed E-state index contributed by atoms with van der Waals surface area (Å²) < 4.78 is 27.7. The van der Waals surface area contributed by atoms with E-state index in [4.69, 9.17) is 17.3 Å². The molecule has 112 valence electrons. The highest BCUT2D eigenvalue weighted by molar-refractivity contribution is 6.28. The van der Waals surface area contributed by atoms with Crippen molar-refractivity contribution in [2.75, 3.05) is 5.73 Å². The SMILES string of the molecule is Nc1ccc(F)c(C(=O)c2c[nH]c3nc(Cl)[nH]c(=O)c23)c1F. The van der Waals surface area contributed by atoms with Crippen molar-refractivity contribution in [3.63, 3.8) is 0 Å². The fourth-order valence-corrected chi connectivity index (χ4v) is 2.27. The zero-order chi connectivity index (χ0) is 16.0. The lowest BCUT2D eigenvalue weighted by Gasteiger charge is -2.05. The van der Waals surface area contributed by atoms with E-state index in [2.05, 4.69) is 15.0 Å². The molecule has 0 radical (unpaired) electrons. The molecule has 0 amide bonds. The number of fused-ring (bicyclic) bond motifs is 1. The molecule has 22 heavy (non-hydrogen) atoms. The highest BCUT2D eigenvalue weighted by Crippen LogP contribution is 2.24. The van der Waals surface area contributed by atoms with Crippen molar-refractivity contribution >= 4 is 34.1 Å². The number of rotatable bonds is 2. The summed E-state index contributed by atoms with van der Waals surface area (Å²) in [5.74, 6) is -3.29. The maximum absolute atomic E-state index is 14.0. The van der Waals surface area contributed by atoms with Crippen molar-refractivity contribution in [1.29, 1.82) is 0 Å². The number of carbonyl (C=O) groups is 1. The number of hydrogen-bond donors (Lipinski definition) is 3. The second-order valence-corrected chi connectivity index (χ2v) is 4.80. The van der Waals surface area contributed by atoms with E-state index in [9.17, 15) is 18.4 Å². The van der Waals surface area contributed by atoms with Gasteiger partial charge in [0.2, 0.25) is 11.1 Å². The van der Waals surface area contributed by atoms with Crippen LogP contribution in [0.25, 0.3) is 11.0 Å². The van der Waals surface area contributed by atoms with Gasteiger partial charge in [0.1, 0.15) is 11.5 Å². The first kappa shape index (κ1) is 14.2. The Kier molecular flexibility index (Phi) is 3.18. The molecule has 4 N–H and O–H groups in total. The molecule has 0 aliphatic carbocycles. The van der Waals surface area contributed by atoms with Crippen LogP contribution in [0.4, 0.5) is 14.5 Å². The van der Waals surface area contributed by atoms with Crippen LogP contribution in [0.3, 0.4) is 0 Å². The molecule has 2 aromatic heterocycles. The van der Waals surface area contributed by atoms with Crippen LogP contribution in [-0.2, 0) is 0 Å². The van der Waals surface area contributed by atoms with Crippen LogP contribution in [0, 0.1) is 11.6 Å². The lowest BCUT2D eigenvalue weighted by molar-refractivity contribution is 0.103. The van der Waals surface area contributed by atoms with Crippen molar-refractivity contribution in [3.8, 4) is 0 Å². The summed E-state index contributed by atoms with van der Waals surface area (Å²) in [6.07, 6.45) is 1.13. The minimum Gasteiger partial charge on any atom is -0.396 e. The van der Waals surface area contributed by atoms with Gasteiger partial charge in [-0.25, -0.2) is 13.8 Å². The van der Waals surface area contributed by atoms with E-state index in [1.165, 1.54) is 0 Å². The molecule has 0 fully saturated rings. The Balaban J connectivity index is 2.27. The molecular formula is C13H7ClF2N4O2. The minimum absolute atomic E-state index is 0.0295. The van der Waals surface area contributed by atoms with Crippen molar-refractivity contribution in [2.24, 2.45) is 0 Å². The molecular weight excluding hydrogens is 318 g/mol. The number of aromatic amines is 2. The van der Waals surface area contributed by atoms with Crippen LogP contribution in [0.2, 0.25) is 5.28 Å². The Bertz CT molecular complexity index is 980. The Morgan fingerprint density at radius 1 is 1.32 bits per heavy atom. The lowest BCUT2D eigenvalue weighted by Crippen LogP contribution is -2.13. The van der Waals surface area contributed by atoms with Crippen LogP contribution in [0.15, 0.2) is 23.1 Å². The molecule has 9 heteroatoms. The van der Waals surface area contributed by atoms with E-state index in [1.807, 2.05) is 0 Å². The van der Waals surface area contributed by atoms with Gasteiger partial charge in [-0.15, -0.1) is 0 Å². The average molecular weight is 325 g/mol. The second-order valence-electron chi connectivity index (χ2n) is 4.44. The first-order chi connectivity index (χ1) is 10.4. The van der Waals surface area contributed by atoms with Gasteiger partial charge in [-0.1, -0.05) is 0 Å². The third-order valence-corrected chi connectivity index (χ3v) is 3.28. The number of ketones is 1. The topological polar surface area (TPSA) is 105 Å². The van der Waals surface area contributed by atoms with Gasteiger partial charge in [0, 0.05) is 6.20 Å². The molecule has 0 atom stereocenters. The van der Waals surface area contributed by atoms with Gasteiger partial charge in [-0.2, -0.15) is 0 Å². The minimum atomic E-state index is -1.18. The van der Waals surface area contributed by atoms with Gasteiger partial charge >= 0.3 is 0 Å². The summed E-state index contributed by atoms with van der Waals surface area (Å²) in [6.45, 7) is 0. The number of benzene rings is 1.